The third kappa shape index (κ3) is 3.51. The molecule has 0 spiro atoms. The van der Waals surface area contributed by atoms with Crippen molar-refractivity contribution in [3.05, 3.63) is 72.8 Å². The molecule has 0 fully saturated rings. The molecular formula is C19H20N4O. The van der Waals surface area contributed by atoms with Crippen molar-refractivity contribution in [2.45, 2.75) is 19.4 Å². The van der Waals surface area contributed by atoms with Crippen molar-refractivity contribution < 1.29 is 4.79 Å². The van der Waals surface area contributed by atoms with Crippen molar-refractivity contribution in [3.63, 3.8) is 0 Å². The molecule has 0 aliphatic rings. The average Bonchev–Trinajstić information content (AvgIpc) is 2.97. The van der Waals surface area contributed by atoms with E-state index in [1.54, 1.807) is 24.5 Å². The summed E-state index contributed by atoms with van der Waals surface area (Å²) in [6, 6.07) is 11.5. The first-order valence-corrected chi connectivity index (χ1v) is 8.03. The molecular weight excluding hydrogens is 300 g/mol. The maximum Gasteiger partial charge on any atom is 0.251 e. The lowest BCUT2D eigenvalue weighted by Gasteiger charge is -2.07. The van der Waals surface area contributed by atoms with Gasteiger partial charge in [-0.3, -0.25) is 9.78 Å². The first-order valence-electron chi connectivity index (χ1n) is 8.03. The molecule has 0 saturated heterocycles. The predicted molar refractivity (Wildman–Crippen MR) is 94.8 cm³/mol. The topological polar surface area (TPSA) is 59.8 Å². The van der Waals surface area contributed by atoms with E-state index in [2.05, 4.69) is 27.5 Å². The number of benzene rings is 1. The van der Waals surface area contributed by atoms with Crippen LogP contribution < -0.4 is 5.32 Å². The third-order valence-electron chi connectivity index (χ3n) is 3.85. The molecule has 5 nitrogen and oxygen atoms in total. The molecule has 3 rings (SSSR count). The second-order valence-corrected chi connectivity index (χ2v) is 5.51. The summed E-state index contributed by atoms with van der Waals surface area (Å²) in [4.78, 5) is 20.6. The van der Waals surface area contributed by atoms with Gasteiger partial charge in [-0.05, 0) is 30.7 Å². The molecule has 0 radical (unpaired) electrons. The lowest BCUT2D eigenvalue weighted by Crippen LogP contribution is -2.25. The van der Waals surface area contributed by atoms with E-state index in [0.717, 1.165) is 36.2 Å². The summed E-state index contributed by atoms with van der Waals surface area (Å²) >= 11 is 0. The lowest BCUT2D eigenvalue weighted by molar-refractivity contribution is 0.0953. The first-order chi connectivity index (χ1) is 11.8. The Hall–Kier alpha value is -2.95. The van der Waals surface area contributed by atoms with Crippen LogP contribution in [-0.4, -0.2) is 27.0 Å². The normalized spacial score (nSPS) is 10.7. The molecule has 1 amide bonds. The van der Waals surface area contributed by atoms with E-state index in [0.29, 0.717) is 12.1 Å². The van der Waals surface area contributed by atoms with Crippen LogP contribution in [0.4, 0.5) is 0 Å². The molecule has 0 unspecified atom stereocenters. The number of carbonyl (C=O) groups excluding carboxylic acids is 1. The van der Waals surface area contributed by atoms with Gasteiger partial charge in [0.1, 0.15) is 5.82 Å². The molecule has 0 atom stereocenters. The number of fused-ring (bicyclic) bond motifs is 1. The second kappa shape index (κ2) is 7.55. The van der Waals surface area contributed by atoms with Crippen molar-refractivity contribution >= 4 is 16.9 Å². The van der Waals surface area contributed by atoms with Gasteiger partial charge in [-0.25, -0.2) is 4.98 Å². The summed E-state index contributed by atoms with van der Waals surface area (Å²) in [5.74, 6) is 0.950. The Morgan fingerprint density at radius 3 is 2.79 bits per heavy atom. The Morgan fingerprint density at radius 2 is 2.00 bits per heavy atom. The number of pyridine rings is 1. The second-order valence-electron chi connectivity index (χ2n) is 5.51. The van der Waals surface area contributed by atoms with Gasteiger partial charge in [-0.15, -0.1) is 6.58 Å². The van der Waals surface area contributed by atoms with Crippen molar-refractivity contribution in [1.29, 1.82) is 0 Å². The molecule has 0 bridgehead atoms. The Balaban J connectivity index is 1.60. The van der Waals surface area contributed by atoms with E-state index in [-0.39, 0.29) is 5.91 Å². The van der Waals surface area contributed by atoms with Crippen LogP contribution in [0.5, 0.6) is 0 Å². The molecule has 5 heteroatoms. The van der Waals surface area contributed by atoms with Gasteiger partial charge >= 0.3 is 0 Å². The molecule has 24 heavy (non-hydrogen) atoms. The van der Waals surface area contributed by atoms with Crippen LogP contribution in [-0.2, 0) is 13.0 Å². The minimum Gasteiger partial charge on any atom is -0.352 e. The fourth-order valence-corrected chi connectivity index (χ4v) is 2.70. The Kier molecular flexibility index (Phi) is 5.01. The van der Waals surface area contributed by atoms with Crippen LogP contribution in [0.15, 0.2) is 61.4 Å². The largest absolute Gasteiger partial charge is 0.352 e. The van der Waals surface area contributed by atoms with E-state index in [1.807, 2.05) is 24.3 Å². The zero-order chi connectivity index (χ0) is 16.8. The van der Waals surface area contributed by atoms with Crippen molar-refractivity contribution in [2.75, 3.05) is 6.54 Å². The maximum atomic E-state index is 12.0. The fraction of sp³-hybridized carbons (Fsp3) is 0.211. The first kappa shape index (κ1) is 15.9. The highest BCUT2D eigenvalue weighted by Crippen LogP contribution is 2.17. The number of nitrogens with zero attached hydrogens (tertiary/aromatic N) is 3. The van der Waals surface area contributed by atoms with Crippen LogP contribution >= 0.6 is 0 Å². The Morgan fingerprint density at radius 1 is 1.21 bits per heavy atom. The van der Waals surface area contributed by atoms with Crippen LogP contribution in [0.1, 0.15) is 22.6 Å². The quantitative estimate of drug-likeness (QED) is 0.538. The number of allylic oxidation sites excluding steroid dienone is 1. The summed E-state index contributed by atoms with van der Waals surface area (Å²) < 4.78 is 2.17. The SMILES string of the molecule is C=CCn1c(CCCNC(=O)c2ccncc2)nc2ccccc21. The molecule has 0 aliphatic carbocycles. The number of imidazole rings is 1. The van der Waals surface area contributed by atoms with Crippen LogP contribution in [0.3, 0.4) is 0 Å². The van der Waals surface area contributed by atoms with Crippen molar-refractivity contribution in [1.82, 2.24) is 19.9 Å². The number of aryl methyl sites for hydroxylation is 1. The van der Waals surface area contributed by atoms with E-state index in [9.17, 15) is 4.79 Å². The number of aromatic nitrogens is 3. The molecule has 122 valence electrons. The number of nitrogens with one attached hydrogen (secondary N) is 1. The van der Waals surface area contributed by atoms with Gasteiger partial charge < -0.3 is 9.88 Å². The summed E-state index contributed by atoms with van der Waals surface area (Å²) in [7, 11) is 0. The third-order valence-corrected chi connectivity index (χ3v) is 3.85. The van der Waals surface area contributed by atoms with Gasteiger partial charge in [0.05, 0.1) is 11.0 Å². The zero-order valence-electron chi connectivity index (χ0n) is 13.5. The fourth-order valence-electron chi connectivity index (χ4n) is 2.70. The summed E-state index contributed by atoms with van der Waals surface area (Å²) in [6.07, 6.45) is 6.75. The minimum atomic E-state index is -0.0722. The highest BCUT2D eigenvalue weighted by Gasteiger charge is 2.09. The van der Waals surface area contributed by atoms with Gasteiger partial charge in [-0.1, -0.05) is 18.2 Å². The highest BCUT2D eigenvalue weighted by atomic mass is 16.1. The zero-order valence-corrected chi connectivity index (χ0v) is 13.5. The summed E-state index contributed by atoms with van der Waals surface area (Å²) in [5.41, 5.74) is 2.74. The van der Waals surface area contributed by atoms with Crippen molar-refractivity contribution in [3.8, 4) is 0 Å². The number of amides is 1. The van der Waals surface area contributed by atoms with E-state index >= 15 is 0 Å². The Labute approximate surface area is 141 Å². The number of hydrogen-bond donors (Lipinski definition) is 1. The molecule has 1 N–H and O–H groups in total. The number of hydrogen-bond acceptors (Lipinski definition) is 3. The van der Waals surface area contributed by atoms with E-state index in [1.165, 1.54) is 0 Å². The standard InChI is InChI=1S/C19H20N4O/c1-2-14-23-17-7-4-3-6-16(17)22-18(23)8-5-11-21-19(24)15-9-12-20-13-10-15/h2-4,6-7,9-10,12-13H,1,5,8,11,14H2,(H,21,24). The van der Waals surface area contributed by atoms with E-state index in [4.69, 9.17) is 4.98 Å². The molecule has 3 aromatic rings. The van der Waals surface area contributed by atoms with Gasteiger partial charge in [0.25, 0.3) is 5.91 Å². The highest BCUT2D eigenvalue weighted by molar-refractivity contribution is 5.93. The van der Waals surface area contributed by atoms with Crippen LogP contribution in [0, 0.1) is 0 Å². The monoisotopic (exact) mass is 320 g/mol. The van der Waals surface area contributed by atoms with E-state index < -0.39 is 0 Å². The van der Waals surface area contributed by atoms with Gasteiger partial charge in [0, 0.05) is 37.5 Å². The predicted octanol–water partition coefficient (Wildman–Crippen LogP) is 2.98. The maximum absolute atomic E-state index is 12.0. The van der Waals surface area contributed by atoms with Crippen molar-refractivity contribution in [2.24, 2.45) is 0 Å². The molecule has 2 aromatic heterocycles. The smallest absolute Gasteiger partial charge is 0.251 e. The lowest BCUT2D eigenvalue weighted by atomic mass is 10.2. The number of carbonyl (C=O) groups is 1. The number of rotatable bonds is 7. The van der Waals surface area contributed by atoms with Crippen LogP contribution in [0.2, 0.25) is 0 Å². The van der Waals surface area contributed by atoms with Crippen LogP contribution in [0.25, 0.3) is 11.0 Å². The summed E-state index contributed by atoms with van der Waals surface area (Å²) in [6.45, 7) is 5.17. The number of para-hydroxylation sites is 2. The van der Waals surface area contributed by atoms with Gasteiger partial charge in [0.2, 0.25) is 0 Å². The minimum absolute atomic E-state index is 0.0722. The molecule has 2 heterocycles. The Bertz CT molecular complexity index is 839. The molecule has 0 aliphatic heterocycles. The molecule has 0 saturated carbocycles. The average molecular weight is 320 g/mol. The van der Waals surface area contributed by atoms with Gasteiger partial charge in [-0.2, -0.15) is 0 Å². The summed E-state index contributed by atoms with van der Waals surface area (Å²) in [5, 5.41) is 2.93. The van der Waals surface area contributed by atoms with Gasteiger partial charge in [0.15, 0.2) is 0 Å². The molecule has 1 aromatic carbocycles.